The second-order valence-electron chi connectivity index (χ2n) is 6.02. The van der Waals surface area contributed by atoms with Crippen molar-refractivity contribution in [3.63, 3.8) is 0 Å². The van der Waals surface area contributed by atoms with Crippen LogP contribution in [0.1, 0.15) is 16.7 Å². The molecule has 0 fully saturated rings. The summed E-state index contributed by atoms with van der Waals surface area (Å²) in [5.41, 5.74) is 3.12. The second kappa shape index (κ2) is 7.59. The molecule has 0 bridgehead atoms. The van der Waals surface area contributed by atoms with Crippen LogP contribution in [0.2, 0.25) is 5.02 Å². The monoisotopic (exact) mass is 384 g/mol. The van der Waals surface area contributed by atoms with Gasteiger partial charge in [0.15, 0.2) is 0 Å². The minimum Gasteiger partial charge on any atom is -0.434 e. The minimum atomic E-state index is -0.571. The van der Waals surface area contributed by atoms with Crippen LogP contribution in [0.4, 0.5) is 17.2 Å². The van der Waals surface area contributed by atoms with E-state index in [1.807, 2.05) is 26.8 Å². The number of anilines is 2. The molecule has 0 radical (unpaired) electrons. The Morgan fingerprint density at radius 2 is 1.89 bits per heavy atom. The highest BCUT2D eigenvalue weighted by Crippen LogP contribution is 2.36. The molecule has 27 heavy (non-hydrogen) atoms. The molecule has 0 aliphatic heterocycles. The van der Waals surface area contributed by atoms with Crippen LogP contribution >= 0.6 is 11.6 Å². The van der Waals surface area contributed by atoms with Gasteiger partial charge in [0.05, 0.1) is 4.92 Å². The molecule has 0 aliphatic rings. The van der Waals surface area contributed by atoms with Crippen molar-refractivity contribution >= 4 is 28.8 Å². The van der Waals surface area contributed by atoms with Crippen LogP contribution in [-0.4, -0.2) is 14.9 Å². The molecule has 1 heterocycles. The molecule has 1 N–H and O–H groups in total. The lowest BCUT2D eigenvalue weighted by Gasteiger charge is -2.12. The molecule has 0 saturated carbocycles. The molecule has 0 aliphatic carbocycles. The van der Waals surface area contributed by atoms with E-state index in [0.717, 1.165) is 16.7 Å². The van der Waals surface area contributed by atoms with Crippen molar-refractivity contribution in [2.45, 2.75) is 20.8 Å². The zero-order valence-electron chi connectivity index (χ0n) is 15.0. The highest BCUT2D eigenvalue weighted by Gasteiger charge is 2.25. The van der Waals surface area contributed by atoms with Crippen molar-refractivity contribution in [2.75, 3.05) is 5.32 Å². The molecular formula is C19H17ClN4O3. The SMILES string of the molecule is Cc1ccc(Oc2ncnc(Nc3cccc(Cl)c3C)c2[N+](=O)[O-])cc1C. The van der Waals surface area contributed by atoms with Crippen molar-refractivity contribution in [1.29, 1.82) is 0 Å². The van der Waals surface area contributed by atoms with Gasteiger partial charge in [-0.3, -0.25) is 10.1 Å². The first-order valence-corrected chi connectivity index (χ1v) is 8.51. The largest absolute Gasteiger partial charge is 0.434 e. The number of aryl methyl sites for hydroxylation is 2. The first-order valence-electron chi connectivity index (χ1n) is 8.13. The molecule has 0 spiro atoms. The Kier molecular flexibility index (Phi) is 5.23. The molecule has 3 aromatic rings. The summed E-state index contributed by atoms with van der Waals surface area (Å²) >= 11 is 6.12. The lowest BCUT2D eigenvalue weighted by molar-refractivity contribution is -0.385. The molecule has 0 amide bonds. The number of hydrogen-bond acceptors (Lipinski definition) is 6. The van der Waals surface area contributed by atoms with E-state index in [1.54, 1.807) is 30.3 Å². The fourth-order valence-corrected chi connectivity index (χ4v) is 2.63. The van der Waals surface area contributed by atoms with E-state index in [-0.39, 0.29) is 17.4 Å². The third kappa shape index (κ3) is 3.98. The summed E-state index contributed by atoms with van der Waals surface area (Å²) in [6, 6.07) is 10.7. The van der Waals surface area contributed by atoms with Gasteiger partial charge in [0.25, 0.3) is 0 Å². The van der Waals surface area contributed by atoms with Gasteiger partial charge < -0.3 is 10.1 Å². The molecule has 0 saturated heterocycles. The average Bonchev–Trinajstić information content (AvgIpc) is 2.62. The summed E-state index contributed by atoms with van der Waals surface area (Å²) in [7, 11) is 0. The van der Waals surface area contributed by atoms with Crippen LogP contribution < -0.4 is 10.1 Å². The van der Waals surface area contributed by atoms with Crippen LogP contribution in [0.5, 0.6) is 11.6 Å². The van der Waals surface area contributed by atoms with E-state index in [1.165, 1.54) is 6.33 Å². The molecule has 138 valence electrons. The molecule has 0 atom stereocenters. The first kappa shape index (κ1) is 18.6. The number of benzene rings is 2. The maximum atomic E-state index is 11.7. The van der Waals surface area contributed by atoms with Gasteiger partial charge in [0.2, 0.25) is 5.82 Å². The fourth-order valence-electron chi connectivity index (χ4n) is 2.45. The molecular weight excluding hydrogens is 368 g/mol. The zero-order valence-corrected chi connectivity index (χ0v) is 15.7. The topological polar surface area (TPSA) is 90.2 Å². The molecule has 0 unspecified atom stereocenters. The van der Waals surface area contributed by atoms with Gasteiger partial charge >= 0.3 is 11.6 Å². The van der Waals surface area contributed by atoms with Gasteiger partial charge in [-0.25, -0.2) is 4.98 Å². The van der Waals surface area contributed by atoms with Crippen molar-refractivity contribution in [1.82, 2.24) is 9.97 Å². The third-order valence-corrected chi connectivity index (χ3v) is 4.59. The van der Waals surface area contributed by atoms with Crippen LogP contribution in [-0.2, 0) is 0 Å². The van der Waals surface area contributed by atoms with Crippen LogP contribution in [0.25, 0.3) is 0 Å². The predicted octanol–water partition coefficient (Wildman–Crippen LogP) is 5.50. The Morgan fingerprint density at radius 1 is 1.11 bits per heavy atom. The Hall–Kier alpha value is -3.19. The van der Waals surface area contributed by atoms with E-state index in [2.05, 4.69) is 15.3 Å². The number of nitrogens with one attached hydrogen (secondary N) is 1. The van der Waals surface area contributed by atoms with Crippen molar-refractivity contribution in [3.8, 4) is 11.6 Å². The van der Waals surface area contributed by atoms with Gasteiger partial charge in [-0.05, 0) is 61.7 Å². The highest BCUT2D eigenvalue weighted by molar-refractivity contribution is 6.31. The van der Waals surface area contributed by atoms with E-state index < -0.39 is 4.92 Å². The number of hydrogen-bond donors (Lipinski definition) is 1. The van der Waals surface area contributed by atoms with Crippen LogP contribution in [0.15, 0.2) is 42.7 Å². The third-order valence-electron chi connectivity index (χ3n) is 4.18. The van der Waals surface area contributed by atoms with Crippen molar-refractivity contribution in [2.24, 2.45) is 0 Å². The quantitative estimate of drug-likeness (QED) is 0.461. The summed E-state index contributed by atoms with van der Waals surface area (Å²) in [6.45, 7) is 5.72. The normalized spacial score (nSPS) is 10.5. The average molecular weight is 385 g/mol. The van der Waals surface area contributed by atoms with Gasteiger partial charge in [-0.2, -0.15) is 4.98 Å². The Balaban J connectivity index is 2.01. The van der Waals surface area contributed by atoms with E-state index in [4.69, 9.17) is 16.3 Å². The second-order valence-corrected chi connectivity index (χ2v) is 6.43. The number of nitro groups is 1. The predicted molar refractivity (Wildman–Crippen MR) is 104 cm³/mol. The number of aromatic nitrogens is 2. The molecule has 2 aromatic carbocycles. The fraction of sp³-hybridized carbons (Fsp3) is 0.158. The number of nitrogens with zero attached hydrogens (tertiary/aromatic N) is 3. The number of ether oxygens (including phenoxy) is 1. The highest BCUT2D eigenvalue weighted by atomic mass is 35.5. The van der Waals surface area contributed by atoms with Gasteiger partial charge in [-0.15, -0.1) is 0 Å². The van der Waals surface area contributed by atoms with Crippen molar-refractivity contribution < 1.29 is 9.66 Å². The van der Waals surface area contributed by atoms with Crippen LogP contribution in [0.3, 0.4) is 0 Å². The molecule has 3 rings (SSSR count). The van der Waals surface area contributed by atoms with Gasteiger partial charge in [0, 0.05) is 10.7 Å². The van der Waals surface area contributed by atoms with Gasteiger partial charge in [-0.1, -0.05) is 23.7 Å². The molecule has 8 heteroatoms. The minimum absolute atomic E-state index is 0.0270. The lowest BCUT2D eigenvalue weighted by Crippen LogP contribution is -2.04. The Morgan fingerprint density at radius 3 is 2.59 bits per heavy atom. The van der Waals surface area contributed by atoms with Crippen molar-refractivity contribution in [3.05, 3.63) is 74.6 Å². The smallest absolute Gasteiger partial charge is 0.373 e. The van der Waals surface area contributed by atoms with E-state index in [9.17, 15) is 10.1 Å². The Labute approximate surface area is 161 Å². The standard InChI is InChI=1S/C19H17ClN4O3/c1-11-7-8-14(9-12(11)2)27-19-17(24(25)26)18(21-10-22-19)23-16-6-4-5-15(20)13(16)3/h4-10H,1-3H3,(H,21,22,23). The van der Waals surface area contributed by atoms with Crippen LogP contribution in [0, 0.1) is 30.9 Å². The number of halogens is 1. The first-order chi connectivity index (χ1) is 12.9. The summed E-state index contributed by atoms with van der Waals surface area (Å²) in [4.78, 5) is 19.1. The maximum Gasteiger partial charge on any atom is 0.373 e. The summed E-state index contributed by atoms with van der Waals surface area (Å²) in [5, 5.41) is 15.2. The van der Waals surface area contributed by atoms with E-state index in [0.29, 0.717) is 16.5 Å². The summed E-state index contributed by atoms with van der Waals surface area (Å²) in [6.07, 6.45) is 1.21. The number of rotatable bonds is 5. The molecule has 7 nitrogen and oxygen atoms in total. The zero-order chi connectivity index (χ0) is 19.6. The van der Waals surface area contributed by atoms with Gasteiger partial charge in [0.1, 0.15) is 12.1 Å². The maximum absolute atomic E-state index is 11.7. The molecule has 1 aromatic heterocycles. The summed E-state index contributed by atoms with van der Waals surface area (Å²) in [5.74, 6) is 0.351. The lowest BCUT2D eigenvalue weighted by atomic mass is 10.1. The van der Waals surface area contributed by atoms with E-state index >= 15 is 0 Å². The Bertz CT molecular complexity index is 1020. The summed E-state index contributed by atoms with van der Waals surface area (Å²) < 4.78 is 5.68.